The number of likely N-dealkylation sites (tertiary alicyclic amines) is 1. The molecule has 74 valence electrons. The van der Waals surface area contributed by atoms with Crippen molar-refractivity contribution < 1.29 is 4.79 Å². The molecule has 0 atom stereocenters. The summed E-state index contributed by atoms with van der Waals surface area (Å²) in [6.07, 6.45) is 6.93. The van der Waals surface area contributed by atoms with Crippen LogP contribution < -0.4 is 5.73 Å². The smallest absolute Gasteiger partial charge is 0.226 e. The van der Waals surface area contributed by atoms with Gasteiger partial charge in [0.05, 0.1) is 0 Å². The Morgan fingerprint density at radius 2 is 1.92 bits per heavy atom. The normalized spacial score (nSPS) is 16.6. The van der Waals surface area contributed by atoms with Crippen molar-refractivity contribution in [1.82, 2.24) is 4.90 Å². The van der Waals surface area contributed by atoms with Crippen LogP contribution in [0.2, 0.25) is 0 Å². The van der Waals surface area contributed by atoms with Crippen LogP contribution in [0, 0.1) is 0 Å². The summed E-state index contributed by atoms with van der Waals surface area (Å²) in [5, 5.41) is 0. The number of nitrogens with two attached hydrogens (primary N) is 1. The summed E-state index contributed by atoms with van der Waals surface area (Å²) in [7, 11) is 0. The van der Waals surface area contributed by atoms with Crippen LogP contribution >= 0.6 is 0 Å². The second-order valence-corrected chi connectivity index (χ2v) is 2.82. The summed E-state index contributed by atoms with van der Waals surface area (Å²) in [4.78, 5) is 12.8. The summed E-state index contributed by atoms with van der Waals surface area (Å²) in [5.41, 5.74) is 4.61. The van der Waals surface area contributed by atoms with Crippen molar-refractivity contribution in [2.24, 2.45) is 5.73 Å². The zero-order chi connectivity index (χ0) is 10.1. The third kappa shape index (κ3) is 5.06. The fourth-order valence-corrected chi connectivity index (χ4v) is 1.20. The lowest BCUT2D eigenvalue weighted by Crippen LogP contribution is -2.23. The van der Waals surface area contributed by atoms with E-state index in [-0.39, 0.29) is 5.91 Å². The lowest BCUT2D eigenvalue weighted by Gasteiger charge is -2.13. The van der Waals surface area contributed by atoms with E-state index in [1.165, 1.54) is 12.6 Å². The van der Waals surface area contributed by atoms with E-state index in [2.05, 4.69) is 18.9 Å². The SMILES string of the molecule is C=CN.C=CN1CCCCCC1=O. The van der Waals surface area contributed by atoms with E-state index < -0.39 is 0 Å². The molecular weight excluding hydrogens is 164 g/mol. The first-order chi connectivity index (χ1) is 6.26. The Kier molecular flexibility index (Phi) is 6.69. The van der Waals surface area contributed by atoms with Crippen LogP contribution in [0.5, 0.6) is 0 Å². The molecule has 0 aromatic carbocycles. The molecule has 13 heavy (non-hydrogen) atoms. The molecule has 1 fully saturated rings. The van der Waals surface area contributed by atoms with Gasteiger partial charge < -0.3 is 10.6 Å². The largest absolute Gasteiger partial charge is 0.405 e. The molecule has 0 spiro atoms. The minimum Gasteiger partial charge on any atom is -0.405 e. The van der Waals surface area contributed by atoms with Gasteiger partial charge in [0.2, 0.25) is 5.91 Å². The molecule has 2 N–H and O–H groups in total. The topological polar surface area (TPSA) is 46.3 Å². The van der Waals surface area contributed by atoms with E-state index in [1.54, 1.807) is 11.1 Å². The molecule has 1 saturated heterocycles. The van der Waals surface area contributed by atoms with Gasteiger partial charge in [-0.15, -0.1) is 0 Å². The Bertz CT molecular complexity index is 178. The van der Waals surface area contributed by atoms with Gasteiger partial charge in [0, 0.05) is 13.0 Å². The Hall–Kier alpha value is -1.25. The zero-order valence-corrected chi connectivity index (χ0v) is 8.04. The van der Waals surface area contributed by atoms with Crippen molar-refractivity contribution in [3.63, 3.8) is 0 Å². The minimum absolute atomic E-state index is 0.229. The van der Waals surface area contributed by atoms with Gasteiger partial charge in [-0.3, -0.25) is 4.79 Å². The Morgan fingerprint density at radius 3 is 2.46 bits per heavy atom. The van der Waals surface area contributed by atoms with Crippen molar-refractivity contribution in [3.8, 4) is 0 Å². The molecule has 1 rings (SSSR count). The van der Waals surface area contributed by atoms with Crippen molar-refractivity contribution in [3.05, 3.63) is 25.6 Å². The molecule has 0 saturated carbocycles. The van der Waals surface area contributed by atoms with Gasteiger partial charge in [0.25, 0.3) is 0 Å². The number of nitrogens with zero attached hydrogens (tertiary/aromatic N) is 1. The summed E-state index contributed by atoms with van der Waals surface area (Å²) in [5.74, 6) is 0.229. The van der Waals surface area contributed by atoms with Crippen molar-refractivity contribution in [1.29, 1.82) is 0 Å². The van der Waals surface area contributed by atoms with Gasteiger partial charge in [-0.1, -0.05) is 19.6 Å². The maximum atomic E-state index is 11.1. The van der Waals surface area contributed by atoms with Gasteiger partial charge in [0.15, 0.2) is 0 Å². The lowest BCUT2D eigenvalue weighted by molar-refractivity contribution is -0.128. The molecule has 0 aromatic rings. The average molecular weight is 182 g/mol. The first-order valence-corrected chi connectivity index (χ1v) is 4.51. The molecule has 3 heteroatoms. The Balaban J connectivity index is 0.000000424. The van der Waals surface area contributed by atoms with Crippen molar-refractivity contribution in [2.45, 2.75) is 25.7 Å². The van der Waals surface area contributed by atoms with Gasteiger partial charge in [0.1, 0.15) is 0 Å². The minimum atomic E-state index is 0.229. The number of carbonyl (C=O) groups excluding carboxylic acids is 1. The first kappa shape index (κ1) is 11.8. The van der Waals surface area contributed by atoms with Crippen LogP contribution in [-0.4, -0.2) is 17.4 Å². The van der Waals surface area contributed by atoms with Gasteiger partial charge in [-0.2, -0.15) is 0 Å². The molecule has 0 bridgehead atoms. The summed E-state index contributed by atoms with van der Waals surface area (Å²) < 4.78 is 0. The highest BCUT2D eigenvalue weighted by molar-refractivity contribution is 5.77. The number of hydrogen-bond donors (Lipinski definition) is 1. The molecule has 0 unspecified atom stereocenters. The third-order valence-corrected chi connectivity index (χ3v) is 1.83. The van der Waals surface area contributed by atoms with E-state index >= 15 is 0 Å². The number of carbonyl (C=O) groups is 1. The van der Waals surface area contributed by atoms with Crippen LogP contribution in [0.15, 0.2) is 25.6 Å². The highest BCUT2D eigenvalue weighted by Gasteiger charge is 2.12. The van der Waals surface area contributed by atoms with E-state index in [9.17, 15) is 4.79 Å². The number of rotatable bonds is 1. The first-order valence-electron chi connectivity index (χ1n) is 4.51. The maximum Gasteiger partial charge on any atom is 0.226 e. The third-order valence-electron chi connectivity index (χ3n) is 1.83. The molecule has 0 radical (unpaired) electrons. The molecule has 1 heterocycles. The fourth-order valence-electron chi connectivity index (χ4n) is 1.20. The summed E-state index contributed by atoms with van der Waals surface area (Å²) >= 11 is 0. The van der Waals surface area contributed by atoms with E-state index in [0.717, 1.165) is 19.4 Å². The van der Waals surface area contributed by atoms with E-state index in [4.69, 9.17) is 0 Å². The van der Waals surface area contributed by atoms with Gasteiger partial charge in [-0.25, -0.2) is 0 Å². The molecule has 0 aliphatic carbocycles. The second-order valence-electron chi connectivity index (χ2n) is 2.82. The Morgan fingerprint density at radius 1 is 1.31 bits per heavy atom. The standard InChI is InChI=1S/C8H13NO.C2H5N/c1-2-9-7-5-3-4-6-8(9)10;1-2-3/h2H,1,3-7H2;2H,1,3H2. The molecule has 1 amide bonds. The van der Waals surface area contributed by atoms with E-state index in [0.29, 0.717) is 6.42 Å². The quantitative estimate of drug-likeness (QED) is 0.669. The van der Waals surface area contributed by atoms with Crippen molar-refractivity contribution in [2.75, 3.05) is 6.54 Å². The van der Waals surface area contributed by atoms with Crippen LogP contribution in [-0.2, 0) is 4.79 Å². The molecular formula is C10H18N2O. The monoisotopic (exact) mass is 182 g/mol. The van der Waals surface area contributed by atoms with E-state index in [1.807, 2.05) is 0 Å². The predicted molar refractivity (Wildman–Crippen MR) is 54.8 cm³/mol. The predicted octanol–water partition coefficient (Wildman–Crippen LogP) is 1.62. The average Bonchev–Trinajstić information content (AvgIpc) is 2.31. The highest BCUT2D eigenvalue weighted by Crippen LogP contribution is 2.10. The summed E-state index contributed by atoms with van der Waals surface area (Å²) in [6, 6.07) is 0. The van der Waals surface area contributed by atoms with Gasteiger partial charge >= 0.3 is 0 Å². The number of amides is 1. The highest BCUT2D eigenvalue weighted by atomic mass is 16.2. The van der Waals surface area contributed by atoms with Crippen LogP contribution in [0.4, 0.5) is 0 Å². The zero-order valence-electron chi connectivity index (χ0n) is 8.04. The van der Waals surface area contributed by atoms with Crippen LogP contribution in [0.1, 0.15) is 25.7 Å². The second kappa shape index (κ2) is 7.40. The fraction of sp³-hybridized carbons (Fsp3) is 0.500. The molecule has 3 nitrogen and oxygen atoms in total. The molecule has 1 aliphatic heterocycles. The molecule has 1 aliphatic rings. The Labute approximate surface area is 79.9 Å². The molecule has 0 aromatic heterocycles. The summed E-state index contributed by atoms with van der Waals surface area (Å²) in [6.45, 7) is 7.58. The maximum absolute atomic E-state index is 11.1. The lowest BCUT2D eigenvalue weighted by atomic mass is 10.2. The van der Waals surface area contributed by atoms with Gasteiger partial charge in [-0.05, 0) is 25.2 Å². The van der Waals surface area contributed by atoms with Crippen molar-refractivity contribution >= 4 is 5.91 Å². The van der Waals surface area contributed by atoms with Crippen LogP contribution in [0.25, 0.3) is 0 Å². The van der Waals surface area contributed by atoms with Crippen LogP contribution in [0.3, 0.4) is 0 Å². The number of hydrogen-bond acceptors (Lipinski definition) is 2.